The van der Waals surface area contributed by atoms with Crippen molar-refractivity contribution in [2.75, 3.05) is 19.4 Å². The highest BCUT2D eigenvalue weighted by molar-refractivity contribution is 7.90. The Balaban J connectivity index is 1.64. The van der Waals surface area contributed by atoms with E-state index in [4.69, 9.17) is 9.84 Å². The highest BCUT2D eigenvalue weighted by Gasteiger charge is 2.26. The average Bonchev–Trinajstić information content (AvgIpc) is 3.01. The predicted octanol–water partition coefficient (Wildman–Crippen LogP) is 3.94. The van der Waals surface area contributed by atoms with Gasteiger partial charge in [0.2, 0.25) is 0 Å². The molecule has 7 nitrogen and oxygen atoms in total. The number of carboxylic acid groups (broad SMARTS) is 1. The number of hydrogen-bond donors (Lipinski definition) is 1. The van der Waals surface area contributed by atoms with Gasteiger partial charge in [0.25, 0.3) is 5.91 Å². The Labute approximate surface area is 196 Å². The molecule has 0 saturated carbocycles. The summed E-state index contributed by atoms with van der Waals surface area (Å²) in [6, 6.07) is 14.4. The number of carbonyl (C=O) groups is 2. The van der Waals surface area contributed by atoms with Crippen molar-refractivity contribution in [3.8, 4) is 16.9 Å². The number of nitrogens with zero attached hydrogens (tertiary/aromatic N) is 1. The van der Waals surface area contributed by atoms with Gasteiger partial charge >= 0.3 is 5.97 Å². The molecule has 176 valence electrons. The Kier molecular flexibility index (Phi) is 6.14. The summed E-state index contributed by atoms with van der Waals surface area (Å²) in [7, 11) is -3.76. The van der Waals surface area contributed by atoms with Gasteiger partial charge in [0.15, 0.2) is 9.84 Å². The first-order valence-corrected chi connectivity index (χ1v) is 12.3. The highest BCUT2D eigenvalue weighted by Crippen LogP contribution is 2.31. The molecule has 0 radical (unpaired) electrons. The highest BCUT2D eigenvalue weighted by atomic mass is 32.2. The molecule has 0 bridgehead atoms. The lowest BCUT2D eigenvalue weighted by Crippen LogP contribution is -2.33. The first kappa shape index (κ1) is 23.4. The number of rotatable bonds is 4. The van der Waals surface area contributed by atoms with E-state index in [1.165, 1.54) is 30.0 Å². The molecule has 0 atom stereocenters. The fraction of sp³-hybridized carbons (Fsp3) is 0.200. The molecule has 0 unspecified atom stereocenters. The Bertz CT molecular complexity index is 1400. The number of carbonyl (C=O) groups excluding carboxylic acids is 1. The standard InChI is InChI=1S/C25H22FNO6S/c1-15-20(8-10-22(23(15)26)34(2,31)32)24(28)27-11-12-33-21-9-7-18(13-19(21)14-27)16-3-5-17(6-4-16)25(29)30/h3-10,13H,11-12,14H2,1-2H3,(H,29,30). The lowest BCUT2D eigenvalue weighted by Gasteiger charge is -2.21. The van der Waals surface area contributed by atoms with Gasteiger partial charge in [-0.25, -0.2) is 17.6 Å². The van der Waals surface area contributed by atoms with Crippen molar-refractivity contribution < 1.29 is 32.2 Å². The molecule has 9 heteroatoms. The Hall–Kier alpha value is -3.72. The number of sulfone groups is 1. The SMILES string of the molecule is Cc1c(C(=O)N2CCOc3ccc(-c4ccc(C(=O)O)cc4)cc3C2)ccc(S(C)(=O)=O)c1F. The Morgan fingerprint density at radius 3 is 2.35 bits per heavy atom. The minimum atomic E-state index is -3.76. The molecule has 0 aromatic heterocycles. The number of hydrogen-bond acceptors (Lipinski definition) is 5. The van der Waals surface area contributed by atoms with Crippen molar-refractivity contribution in [2.24, 2.45) is 0 Å². The summed E-state index contributed by atoms with van der Waals surface area (Å²) in [5, 5.41) is 9.09. The van der Waals surface area contributed by atoms with Gasteiger partial charge in [-0.1, -0.05) is 18.2 Å². The van der Waals surface area contributed by atoms with Gasteiger partial charge in [0.1, 0.15) is 23.1 Å². The number of fused-ring (bicyclic) bond motifs is 1. The third-order valence-electron chi connectivity index (χ3n) is 5.77. The summed E-state index contributed by atoms with van der Waals surface area (Å²) in [5.41, 5.74) is 2.64. The van der Waals surface area contributed by atoms with Crippen LogP contribution in [0, 0.1) is 12.7 Å². The van der Waals surface area contributed by atoms with Crippen LogP contribution >= 0.6 is 0 Å². The van der Waals surface area contributed by atoms with Gasteiger partial charge in [-0.05, 0) is 60.0 Å². The Morgan fingerprint density at radius 2 is 1.71 bits per heavy atom. The monoisotopic (exact) mass is 483 g/mol. The van der Waals surface area contributed by atoms with Crippen LogP contribution in [0.3, 0.4) is 0 Å². The molecule has 1 heterocycles. The molecular formula is C25H22FNO6S. The first-order chi connectivity index (χ1) is 16.1. The molecule has 0 spiro atoms. The second-order valence-corrected chi connectivity index (χ2v) is 10.1. The van der Waals surface area contributed by atoms with Crippen LogP contribution in [0.15, 0.2) is 59.5 Å². The van der Waals surface area contributed by atoms with E-state index in [0.29, 0.717) is 5.75 Å². The van der Waals surface area contributed by atoms with Crippen molar-refractivity contribution in [3.63, 3.8) is 0 Å². The molecule has 1 aliphatic heterocycles. The average molecular weight is 484 g/mol. The molecule has 1 N–H and O–H groups in total. The zero-order chi connectivity index (χ0) is 24.6. The number of ether oxygens (including phenoxy) is 1. The summed E-state index contributed by atoms with van der Waals surface area (Å²) in [4.78, 5) is 25.4. The van der Waals surface area contributed by atoms with Crippen LogP contribution < -0.4 is 4.74 Å². The van der Waals surface area contributed by atoms with E-state index < -0.39 is 32.4 Å². The van der Waals surface area contributed by atoms with E-state index >= 15 is 0 Å². The number of amides is 1. The van der Waals surface area contributed by atoms with Gasteiger partial charge in [-0.2, -0.15) is 0 Å². The van der Waals surface area contributed by atoms with Crippen LogP contribution in [0.25, 0.3) is 11.1 Å². The van der Waals surface area contributed by atoms with Gasteiger partial charge in [0.05, 0.1) is 12.1 Å². The quantitative estimate of drug-likeness (QED) is 0.603. The van der Waals surface area contributed by atoms with E-state index in [0.717, 1.165) is 29.0 Å². The molecular weight excluding hydrogens is 461 g/mol. The second-order valence-electron chi connectivity index (χ2n) is 8.10. The zero-order valence-corrected chi connectivity index (χ0v) is 19.4. The Morgan fingerprint density at radius 1 is 1.03 bits per heavy atom. The third kappa shape index (κ3) is 4.51. The van der Waals surface area contributed by atoms with E-state index in [2.05, 4.69) is 0 Å². The molecule has 1 amide bonds. The fourth-order valence-corrected chi connectivity index (χ4v) is 4.69. The second kappa shape index (κ2) is 8.90. The van der Waals surface area contributed by atoms with Gasteiger partial charge in [-0.3, -0.25) is 4.79 Å². The van der Waals surface area contributed by atoms with Crippen molar-refractivity contribution in [3.05, 3.63) is 82.7 Å². The third-order valence-corrected chi connectivity index (χ3v) is 6.89. The van der Waals surface area contributed by atoms with Crippen molar-refractivity contribution in [1.82, 2.24) is 4.90 Å². The van der Waals surface area contributed by atoms with Crippen LogP contribution in [0.1, 0.15) is 31.8 Å². The van der Waals surface area contributed by atoms with E-state index in [9.17, 15) is 22.4 Å². The maximum atomic E-state index is 14.7. The molecule has 0 saturated heterocycles. The summed E-state index contributed by atoms with van der Waals surface area (Å²) in [5.74, 6) is -1.74. The molecule has 3 aromatic rings. The number of aromatic carboxylic acids is 1. The van der Waals surface area contributed by atoms with Crippen molar-refractivity contribution >= 4 is 21.7 Å². The van der Waals surface area contributed by atoms with Crippen LogP contribution in [0.2, 0.25) is 0 Å². The molecule has 4 rings (SSSR count). The summed E-state index contributed by atoms with van der Waals surface area (Å²) in [6.45, 7) is 2.11. The maximum absolute atomic E-state index is 14.7. The first-order valence-electron chi connectivity index (χ1n) is 10.4. The summed E-state index contributed by atoms with van der Waals surface area (Å²) < 4.78 is 44.1. The smallest absolute Gasteiger partial charge is 0.335 e. The summed E-state index contributed by atoms with van der Waals surface area (Å²) in [6.07, 6.45) is 0.919. The topological polar surface area (TPSA) is 101 Å². The van der Waals surface area contributed by atoms with Gasteiger partial charge in [0, 0.05) is 23.9 Å². The van der Waals surface area contributed by atoms with Crippen molar-refractivity contribution in [2.45, 2.75) is 18.4 Å². The number of carboxylic acids is 1. The zero-order valence-electron chi connectivity index (χ0n) is 18.5. The normalized spacial score (nSPS) is 13.6. The van der Waals surface area contributed by atoms with E-state index in [1.54, 1.807) is 18.2 Å². The molecule has 1 aliphatic rings. The van der Waals surface area contributed by atoms with Crippen LogP contribution in [-0.4, -0.2) is 49.7 Å². The molecule has 0 aliphatic carbocycles. The van der Waals surface area contributed by atoms with Crippen molar-refractivity contribution in [1.29, 1.82) is 0 Å². The largest absolute Gasteiger partial charge is 0.491 e. The van der Waals surface area contributed by atoms with Gasteiger partial charge < -0.3 is 14.7 Å². The van der Waals surface area contributed by atoms with Crippen LogP contribution in [-0.2, 0) is 16.4 Å². The van der Waals surface area contributed by atoms with E-state index in [1.807, 2.05) is 12.1 Å². The maximum Gasteiger partial charge on any atom is 0.335 e. The predicted molar refractivity (Wildman–Crippen MR) is 123 cm³/mol. The number of benzene rings is 3. The van der Waals surface area contributed by atoms with Crippen LogP contribution in [0.5, 0.6) is 5.75 Å². The van der Waals surface area contributed by atoms with E-state index in [-0.39, 0.29) is 36.4 Å². The lowest BCUT2D eigenvalue weighted by molar-refractivity contribution is 0.0695. The minimum absolute atomic E-state index is 0.0226. The lowest BCUT2D eigenvalue weighted by atomic mass is 10.0. The molecule has 3 aromatic carbocycles. The number of halogens is 1. The van der Waals surface area contributed by atoms with Crippen LogP contribution in [0.4, 0.5) is 4.39 Å². The molecule has 34 heavy (non-hydrogen) atoms. The van der Waals surface area contributed by atoms with Gasteiger partial charge in [-0.15, -0.1) is 0 Å². The minimum Gasteiger partial charge on any atom is -0.491 e. The summed E-state index contributed by atoms with van der Waals surface area (Å²) >= 11 is 0. The molecule has 0 fully saturated rings. The fourth-order valence-electron chi connectivity index (χ4n) is 3.90.